The number of rotatable bonds is 8. The normalized spacial score (nSPS) is 23.5. The number of carboxylic acid groups (broad SMARTS) is 1. The quantitative estimate of drug-likeness (QED) is 0.709. The Hall–Kier alpha value is -1.22. The highest BCUT2D eigenvalue weighted by molar-refractivity contribution is 7.89. The first-order valence-electron chi connectivity index (χ1n) is 8.18. The average Bonchev–Trinajstić information content (AvgIpc) is 3.24. The molecule has 3 rings (SSSR count). The van der Waals surface area contributed by atoms with Crippen LogP contribution in [0.3, 0.4) is 0 Å². The summed E-state index contributed by atoms with van der Waals surface area (Å²) in [6.45, 7) is 0.727. The maximum Gasteiger partial charge on any atom is 0.317 e. The van der Waals surface area contributed by atoms with Gasteiger partial charge in [0, 0.05) is 18.6 Å². The van der Waals surface area contributed by atoms with Crippen molar-refractivity contribution in [3.05, 3.63) is 29.0 Å². The number of sulfonamides is 1. The van der Waals surface area contributed by atoms with Crippen LogP contribution in [0.5, 0.6) is 0 Å². The van der Waals surface area contributed by atoms with Gasteiger partial charge in [0.25, 0.3) is 0 Å². The highest BCUT2D eigenvalue weighted by Crippen LogP contribution is 2.34. The highest BCUT2D eigenvalue weighted by atomic mass is 35.5. The molecule has 0 heterocycles. The van der Waals surface area contributed by atoms with Gasteiger partial charge in [0.1, 0.15) is 10.7 Å². The molecule has 138 valence electrons. The number of aliphatic carboxylic acids is 1. The zero-order valence-electron chi connectivity index (χ0n) is 13.5. The van der Waals surface area contributed by atoms with Crippen molar-refractivity contribution in [1.82, 2.24) is 9.62 Å². The van der Waals surface area contributed by atoms with Crippen LogP contribution in [0.15, 0.2) is 23.1 Å². The van der Waals surface area contributed by atoms with E-state index in [0.717, 1.165) is 37.6 Å². The number of hydrogen-bond acceptors (Lipinski definition) is 4. The van der Waals surface area contributed by atoms with E-state index in [1.165, 1.54) is 0 Å². The number of halogens is 2. The van der Waals surface area contributed by atoms with E-state index in [1.807, 2.05) is 4.90 Å². The third-order valence-electron chi connectivity index (χ3n) is 4.66. The summed E-state index contributed by atoms with van der Waals surface area (Å²) in [6, 6.07) is 2.94. The first-order chi connectivity index (χ1) is 11.7. The van der Waals surface area contributed by atoms with E-state index in [9.17, 15) is 17.6 Å². The molecule has 2 aliphatic carbocycles. The Morgan fingerprint density at radius 1 is 1.36 bits per heavy atom. The monoisotopic (exact) mass is 390 g/mol. The van der Waals surface area contributed by atoms with Crippen LogP contribution in [-0.2, 0) is 14.8 Å². The van der Waals surface area contributed by atoms with Crippen molar-refractivity contribution in [2.24, 2.45) is 5.92 Å². The number of benzene rings is 1. The third kappa shape index (κ3) is 4.69. The van der Waals surface area contributed by atoms with E-state index in [4.69, 9.17) is 16.7 Å². The van der Waals surface area contributed by atoms with Crippen LogP contribution < -0.4 is 4.72 Å². The van der Waals surface area contributed by atoms with Crippen molar-refractivity contribution in [2.75, 3.05) is 13.1 Å². The van der Waals surface area contributed by atoms with Gasteiger partial charge in [0.2, 0.25) is 10.0 Å². The molecule has 0 bridgehead atoms. The lowest BCUT2D eigenvalue weighted by molar-refractivity contribution is -0.139. The van der Waals surface area contributed by atoms with Gasteiger partial charge in [0.15, 0.2) is 0 Å². The average molecular weight is 391 g/mol. The number of carboxylic acids is 1. The van der Waals surface area contributed by atoms with Crippen LogP contribution in [0.4, 0.5) is 4.39 Å². The van der Waals surface area contributed by atoms with Crippen molar-refractivity contribution >= 4 is 27.6 Å². The predicted molar refractivity (Wildman–Crippen MR) is 90.5 cm³/mol. The van der Waals surface area contributed by atoms with E-state index in [1.54, 1.807) is 0 Å². The molecule has 1 aromatic rings. The third-order valence-corrected chi connectivity index (χ3v) is 6.67. The zero-order valence-corrected chi connectivity index (χ0v) is 15.1. The Kier molecular flexibility index (Phi) is 5.34. The molecule has 0 spiro atoms. The first kappa shape index (κ1) is 18.6. The van der Waals surface area contributed by atoms with E-state index < -0.39 is 21.8 Å². The summed E-state index contributed by atoms with van der Waals surface area (Å²) >= 11 is 5.83. The minimum Gasteiger partial charge on any atom is -0.480 e. The van der Waals surface area contributed by atoms with Crippen LogP contribution >= 0.6 is 11.6 Å². The standard InChI is InChI=1S/C16H20ClFN2O4S/c17-14-5-11(18)3-4-15(14)25(23,24)19-12-6-13(7-12)20(9-16(21)22)8-10-1-2-10/h3-5,10,12-13,19H,1-2,6-9H2,(H,21,22). The Labute approximate surface area is 151 Å². The highest BCUT2D eigenvalue weighted by Gasteiger charge is 2.39. The molecule has 2 saturated carbocycles. The molecular weight excluding hydrogens is 371 g/mol. The summed E-state index contributed by atoms with van der Waals surface area (Å²) in [5.41, 5.74) is 0. The van der Waals surface area contributed by atoms with Gasteiger partial charge >= 0.3 is 5.97 Å². The Morgan fingerprint density at radius 3 is 2.60 bits per heavy atom. The smallest absolute Gasteiger partial charge is 0.317 e. The minimum absolute atomic E-state index is 0.0234. The lowest BCUT2D eigenvalue weighted by atomic mass is 9.86. The molecule has 0 aliphatic heterocycles. The SMILES string of the molecule is O=C(O)CN(CC1CC1)C1CC(NS(=O)(=O)c2ccc(F)cc2Cl)C1. The van der Waals surface area contributed by atoms with Gasteiger partial charge in [-0.05, 0) is 49.8 Å². The molecule has 0 unspecified atom stereocenters. The van der Waals surface area contributed by atoms with Gasteiger partial charge in [-0.1, -0.05) is 11.6 Å². The summed E-state index contributed by atoms with van der Waals surface area (Å²) < 4.78 is 40.4. The van der Waals surface area contributed by atoms with E-state index in [2.05, 4.69) is 4.72 Å². The Morgan fingerprint density at radius 2 is 2.04 bits per heavy atom. The summed E-state index contributed by atoms with van der Waals surface area (Å²) in [7, 11) is -3.83. The van der Waals surface area contributed by atoms with Crippen molar-refractivity contribution in [1.29, 1.82) is 0 Å². The molecular formula is C16H20ClFN2O4S. The molecule has 2 aliphatic rings. The van der Waals surface area contributed by atoms with Gasteiger partial charge in [-0.2, -0.15) is 0 Å². The molecule has 0 aromatic heterocycles. The van der Waals surface area contributed by atoms with Crippen LogP contribution in [0, 0.1) is 11.7 Å². The second-order valence-electron chi connectivity index (χ2n) is 6.78. The number of carbonyl (C=O) groups is 1. The van der Waals surface area contributed by atoms with Crippen LogP contribution in [-0.4, -0.2) is 49.6 Å². The van der Waals surface area contributed by atoms with Crippen molar-refractivity contribution in [2.45, 2.75) is 42.7 Å². The zero-order chi connectivity index (χ0) is 18.2. The fraction of sp³-hybridized carbons (Fsp3) is 0.562. The topological polar surface area (TPSA) is 86.7 Å². The minimum atomic E-state index is -3.83. The molecule has 0 saturated heterocycles. The lowest BCUT2D eigenvalue weighted by Gasteiger charge is -2.42. The summed E-state index contributed by atoms with van der Waals surface area (Å²) in [5.74, 6) is -0.909. The predicted octanol–water partition coefficient (Wildman–Crippen LogP) is 2.08. The largest absolute Gasteiger partial charge is 0.480 e. The lowest BCUT2D eigenvalue weighted by Crippen LogP contribution is -2.55. The summed E-state index contributed by atoms with van der Waals surface area (Å²) in [5, 5.41) is 8.88. The molecule has 9 heteroatoms. The molecule has 0 atom stereocenters. The van der Waals surface area contributed by atoms with Gasteiger partial charge in [0.05, 0.1) is 11.6 Å². The summed E-state index contributed by atoms with van der Waals surface area (Å²) in [6.07, 6.45) is 3.36. The van der Waals surface area contributed by atoms with Gasteiger partial charge in [-0.15, -0.1) is 0 Å². The second-order valence-corrected chi connectivity index (χ2v) is 8.87. The Balaban J connectivity index is 1.59. The molecule has 2 fully saturated rings. The molecule has 6 nitrogen and oxygen atoms in total. The molecule has 0 amide bonds. The van der Waals surface area contributed by atoms with Crippen LogP contribution in [0.2, 0.25) is 5.02 Å². The first-order valence-corrected chi connectivity index (χ1v) is 10.0. The number of hydrogen-bond donors (Lipinski definition) is 2. The van der Waals surface area contributed by atoms with E-state index in [0.29, 0.717) is 18.8 Å². The van der Waals surface area contributed by atoms with Gasteiger partial charge in [-0.3, -0.25) is 9.69 Å². The number of nitrogens with zero attached hydrogens (tertiary/aromatic N) is 1. The van der Waals surface area contributed by atoms with Crippen LogP contribution in [0.25, 0.3) is 0 Å². The van der Waals surface area contributed by atoms with Crippen molar-refractivity contribution in [3.8, 4) is 0 Å². The molecule has 2 N–H and O–H groups in total. The fourth-order valence-electron chi connectivity index (χ4n) is 3.11. The maximum absolute atomic E-state index is 13.1. The summed E-state index contributed by atoms with van der Waals surface area (Å²) in [4.78, 5) is 12.8. The van der Waals surface area contributed by atoms with Crippen molar-refractivity contribution in [3.63, 3.8) is 0 Å². The van der Waals surface area contributed by atoms with Crippen molar-refractivity contribution < 1.29 is 22.7 Å². The maximum atomic E-state index is 13.1. The molecule has 0 radical (unpaired) electrons. The number of nitrogens with one attached hydrogen (secondary N) is 1. The van der Waals surface area contributed by atoms with E-state index >= 15 is 0 Å². The van der Waals surface area contributed by atoms with Gasteiger partial charge in [-0.25, -0.2) is 17.5 Å². The second kappa shape index (κ2) is 7.19. The van der Waals surface area contributed by atoms with Gasteiger partial charge < -0.3 is 5.11 Å². The Bertz CT molecular complexity index is 763. The molecule has 1 aromatic carbocycles. The fourth-order valence-corrected chi connectivity index (χ4v) is 4.90. The van der Waals surface area contributed by atoms with E-state index in [-0.39, 0.29) is 28.5 Å². The molecule has 25 heavy (non-hydrogen) atoms. The van der Waals surface area contributed by atoms with Crippen LogP contribution in [0.1, 0.15) is 25.7 Å².